The number of carboxylic acids is 1. The number of nitrogens with zero attached hydrogens (tertiary/aromatic N) is 1. The maximum absolute atomic E-state index is 13.0. The van der Waals surface area contributed by atoms with E-state index in [0.29, 0.717) is 9.23 Å². The van der Waals surface area contributed by atoms with E-state index in [9.17, 15) is 14.7 Å². The summed E-state index contributed by atoms with van der Waals surface area (Å²) in [4.78, 5) is 25.9. The highest BCUT2D eigenvalue weighted by molar-refractivity contribution is 8.27. The Morgan fingerprint density at radius 3 is 2.54 bits per heavy atom. The molecule has 26 heavy (non-hydrogen) atoms. The van der Waals surface area contributed by atoms with Crippen molar-refractivity contribution in [3.63, 3.8) is 0 Å². The van der Waals surface area contributed by atoms with Crippen molar-refractivity contribution in [1.29, 1.82) is 0 Å². The monoisotopic (exact) mass is 382 g/mol. The van der Waals surface area contributed by atoms with E-state index in [0.717, 1.165) is 28.8 Å². The van der Waals surface area contributed by atoms with Crippen LogP contribution in [0, 0.1) is 6.92 Å². The van der Waals surface area contributed by atoms with Gasteiger partial charge in [-0.05, 0) is 41.7 Å². The molecule has 0 radical (unpaired) electrons. The Hall–Kier alpha value is -2.44. The molecule has 1 heterocycles. The van der Waals surface area contributed by atoms with Crippen molar-refractivity contribution in [3.05, 3.63) is 69.6 Å². The lowest BCUT2D eigenvalue weighted by Crippen LogP contribution is -2.29. The third-order valence-electron chi connectivity index (χ3n) is 4.16. The summed E-state index contributed by atoms with van der Waals surface area (Å²) in [6.45, 7) is 4.01. The number of hydrogen-bond acceptors (Lipinski definition) is 5. The van der Waals surface area contributed by atoms with E-state index < -0.39 is 5.97 Å². The fourth-order valence-electron chi connectivity index (χ4n) is 2.85. The van der Waals surface area contributed by atoms with Crippen molar-refractivity contribution in [2.24, 2.45) is 0 Å². The van der Waals surface area contributed by atoms with Gasteiger partial charge in [0, 0.05) is 0 Å². The van der Waals surface area contributed by atoms with Crippen LogP contribution < -0.4 is 10.0 Å². The summed E-state index contributed by atoms with van der Waals surface area (Å²) in [6, 6.07) is 12.1. The van der Waals surface area contributed by atoms with E-state index in [1.54, 1.807) is 23.1 Å². The van der Waals surface area contributed by atoms with Crippen molar-refractivity contribution >= 4 is 51.9 Å². The van der Waals surface area contributed by atoms with Gasteiger partial charge in [-0.2, -0.15) is 0 Å². The molecule has 1 saturated heterocycles. The molecule has 1 fully saturated rings. The van der Waals surface area contributed by atoms with Gasteiger partial charge in [-0.25, -0.2) is 0 Å². The number of benzene rings is 2. The molecule has 2 aromatic carbocycles. The molecule has 3 rings (SSSR count). The van der Waals surface area contributed by atoms with Crippen LogP contribution in [0.15, 0.2) is 47.4 Å². The lowest BCUT2D eigenvalue weighted by molar-refractivity contribution is -0.255. The first-order valence-electron chi connectivity index (χ1n) is 8.10. The number of amides is 1. The molecule has 0 spiro atoms. The Bertz CT molecular complexity index is 933. The second-order valence-electron chi connectivity index (χ2n) is 5.86. The zero-order valence-corrected chi connectivity index (χ0v) is 15.9. The molecule has 132 valence electrons. The van der Waals surface area contributed by atoms with Crippen LogP contribution in [0.5, 0.6) is 0 Å². The maximum Gasteiger partial charge on any atom is 0.270 e. The highest BCUT2D eigenvalue weighted by Crippen LogP contribution is 2.39. The first-order valence-corrected chi connectivity index (χ1v) is 9.32. The lowest BCUT2D eigenvalue weighted by Gasteiger charge is -2.20. The molecule has 4 nitrogen and oxygen atoms in total. The van der Waals surface area contributed by atoms with E-state index in [-0.39, 0.29) is 11.5 Å². The highest BCUT2D eigenvalue weighted by atomic mass is 32.2. The Kier molecular flexibility index (Phi) is 5.25. The molecule has 1 aliphatic heterocycles. The Morgan fingerprint density at radius 2 is 1.92 bits per heavy atom. The summed E-state index contributed by atoms with van der Waals surface area (Å²) in [5.74, 6) is -1.39. The van der Waals surface area contributed by atoms with Gasteiger partial charge in [0.05, 0.1) is 16.6 Å². The molecular weight excluding hydrogens is 366 g/mol. The molecule has 6 heteroatoms. The van der Waals surface area contributed by atoms with Crippen LogP contribution in [0.1, 0.15) is 34.0 Å². The molecule has 0 N–H and O–H groups in total. The van der Waals surface area contributed by atoms with Crippen LogP contribution in [-0.2, 0) is 11.2 Å². The molecule has 2 aromatic rings. The van der Waals surface area contributed by atoms with Gasteiger partial charge >= 0.3 is 0 Å². The molecule has 0 aliphatic carbocycles. The van der Waals surface area contributed by atoms with Crippen molar-refractivity contribution in [1.82, 2.24) is 0 Å². The predicted octanol–water partition coefficient (Wildman–Crippen LogP) is 3.33. The highest BCUT2D eigenvalue weighted by Gasteiger charge is 2.35. The van der Waals surface area contributed by atoms with Gasteiger partial charge in [0.15, 0.2) is 4.32 Å². The average Bonchev–Trinajstić information content (AvgIpc) is 2.89. The number of thiocarbonyl (C=S) groups is 1. The lowest BCUT2D eigenvalue weighted by atomic mass is 10.0. The van der Waals surface area contributed by atoms with Gasteiger partial charge in [-0.3, -0.25) is 9.69 Å². The summed E-state index contributed by atoms with van der Waals surface area (Å²) < 4.78 is 0.497. The van der Waals surface area contributed by atoms with Crippen molar-refractivity contribution in [3.8, 4) is 0 Å². The average molecular weight is 382 g/mol. The Balaban J connectivity index is 1.96. The number of thioether (sulfide) groups is 1. The van der Waals surface area contributed by atoms with Crippen LogP contribution in [0.4, 0.5) is 5.69 Å². The third-order valence-corrected chi connectivity index (χ3v) is 5.47. The van der Waals surface area contributed by atoms with Gasteiger partial charge < -0.3 is 9.90 Å². The Morgan fingerprint density at radius 1 is 1.23 bits per heavy atom. The second-order valence-corrected chi connectivity index (χ2v) is 7.54. The standard InChI is InChI=1S/C20H17NO3S2/c1-3-14-6-4-5-12(2)17(14)21-18(22)16(26-20(21)25)11-13-7-9-15(10-8-13)19(23)24/h4-11H,3H2,1-2H3,(H,23,24)/p-1/b16-11-. The number of aryl methyl sites for hydroxylation is 2. The predicted molar refractivity (Wildman–Crippen MR) is 107 cm³/mol. The van der Waals surface area contributed by atoms with Gasteiger partial charge in [-0.15, -0.1) is 0 Å². The largest absolute Gasteiger partial charge is 0.545 e. The minimum Gasteiger partial charge on any atom is -0.545 e. The van der Waals surface area contributed by atoms with Crippen LogP contribution in [0.3, 0.4) is 0 Å². The fraction of sp³-hybridized carbons (Fsp3) is 0.150. The molecule has 1 aliphatic rings. The van der Waals surface area contributed by atoms with E-state index in [4.69, 9.17) is 12.2 Å². The molecule has 0 aromatic heterocycles. The number of hydrogen-bond donors (Lipinski definition) is 0. The van der Waals surface area contributed by atoms with Gasteiger partial charge in [0.2, 0.25) is 0 Å². The van der Waals surface area contributed by atoms with Crippen LogP contribution in [0.25, 0.3) is 6.08 Å². The number of anilines is 1. The first-order chi connectivity index (χ1) is 12.4. The number of carboxylic acid groups (broad SMARTS) is 1. The summed E-state index contributed by atoms with van der Waals surface area (Å²) in [6.07, 6.45) is 2.53. The number of aromatic carboxylic acids is 1. The molecule has 0 bridgehead atoms. The Labute approximate surface area is 161 Å². The van der Waals surface area contributed by atoms with Crippen LogP contribution >= 0.6 is 24.0 Å². The quantitative estimate of drug-likeness (QED) is 0.600. The minimum absolute atomic E-state index is 0.0993. The normalized spacial score (nSPS) is 15.8. The van der Waals surface area contributed by atoms with E-state index in [2.05, 4.69) is 0 Å². The number of rotatable bonds is 4. The second kappa shape index (κ2) is 7.43. The first kappa shape index (κ1) is 18.4. The SMILES string of the molecule is CCc1cccc(C)c1N1C(=O)/C(=C/c2ccc(C(=O)[O-])cc2)SC1=S. The van der Waals surface area contributed by atoms with E-state index >= 15 is 0 Å². The summed E-state index contributed by atoms with van der Waals surface area (Å²) in [5, 5.41) is 10.8. The van der Waals surface area contributed by atoms with Crippen molar-refractivity contribution < 1.29 is 14.7 Å². The summed E-state index contributed by atoms with van der Waals surface area (Å²) in [7, 11) is 0. The maximum atomic E-state index is 13.0. The minimum atomic E-state index is -1.23. The zero-order chi connectivity index (χ0) is 18.8. The zero-order valence-electron chi connectivity index (χ0n) is 14.3. The third kappa shape index (κ3) is 3.43. The van der Waals surface area contributed by atoms with Gasteiger partial charge in [0.1, 0.15) is 0 Å². The molecular formula is C20H16NO3S2-. The molecule has 1 amide bonds. The number of para-hydroxylation sites is 1. The molecule has 0 atom stereocenters. The van der Waals surface area contributed by atoms with Crippen LogP contribution in [-0.4, -0.2) is 16.2 Å². The van der Waals surface area contributed by atoms with Gasteiger partial charge in [0.25, 0.3) is 5.91 Å². The number of carbonyl (C=O) groups excluding carboxylic acids is 2. The molecule has 0 saturated carbocycles. The van der Waals surface area contributed by atoms with Crippen LogP contribution in [0.2, 0.25) is 0 Å². The van der Waals surface area contributed by atoms with E-state index in [1.807, 2.05) is 32.0 Å². The smallest absolute Gasteiger partial charge is 0.270 e. The number of carbonyl (C=O) groups is 2. The summed E-state index contributed by atoms with van der Waals surface area (Å²) >= 11 is 6.71. The molecule has 0 unspecified atom stereocenters. The van der Waals surface area contributed by atoms with E-state index in [1.165, 1.54) is 23.9 Å². The van der Waals surface area contributed by atoms with Gasteiger partial charge in [-0.1, -0.05) is 73.4 Å². The summed E-state index contributed by atoms with van der Waals surface area (Å²) in [5.41, 5.74) is 3.76. The van der Waals surface area contributed by atoms with Crippen molar-refractivity contribution in [2.45, 2.75) is 20.3 Å². The fourth-order valence-corrected chi connectivity index (χ4v) is 4.12. The van der Waals surface area contributed by atoms with Crippen molar-refractivity contribution in [2.75, 3.05) is 4.90 Å². The topological polar surface area (TPSA) is 60.4 Å².